The van der Waals surface area contributed by atoms with Gasteiger partial charge in [0, 0.05) is 29.9 Å². The number of aromatic nitrogens is 3. The van der Waals surface area contributed by atoms with Crippen LogP contribution in [-0.2, 0) is 16.4 Å². The largest absolute Gasteiger partial charge is 0.433 e. The second-order valence-corrected chi connectivity index (χ2v) is 12.3. The molecule has 13 heteroatoms. The van der Waals surface area contributed by atoms with Crippen molar-refractivity contribution in [2.24, 2.45) is 0 Å². The van der Waals surface area contributed by atoms with Crippen molar-refractivity contribution in [1.29, 1.82) is 0 Å². The number of amides is 1. The summed E-state index contributed by atoms with van der Waals surface area (Å²) in [6, 6.07) is 20.0. The highest BCUT2D eigenvalue weighted by atomic mass is 32.2. The quantitative estimate of drug-likeness (QED) is 0.200. The van der Waals surface area contributed by atoms with Crippen molar-refractivity contribution in [1.82, 2.24) is 19.9 Å². The van der Waals surface area contributed by atoms with Crippen LogP contribution in [0.4, 0.5) is 24.8 Å². The highest BCUT2D eigenvalue weighted by molar-refractivity contribution is 7.92. The van der Waals surface area contributed by atoms with Gasteiger partial charge in [-0.25, -0.2) is 17.3 Å². The molecular weight excluding hydrogens is 583 g/mol. The lowest BCUT2D eigenvalue weighted by Crippen LogP contribution is -2.22. The molecule has 0 saturated carbocycles. The third-order valence-corrected chi connectivity index (χ3v) is 8.69. The van der Waals surface area contributed by atoms with E-state index in [4.69, 9.17) is 0 Å². The number of sulfone groups is 1. The molecule has 43 heavy (non-hydrogen) atoms. The minimum atomic E-state index is -3.72. The molecule has 3 aromatic carbocycles. The molecule has 5 aromatic rings. The molecule has 5 rings (SSSR count). The van der Waals surface area contributed by atoms with Crippen molar-refractivity contribution in [2.45, 2.75) is 37.1 Å². The van der Waals surface area contributed by atoms with E-state index in [2.05, 4.69) is 25.5 Å². The molecule has 0 fully saturated rings. The molecule has 0 spiro atoms. The molecule has 0 aliphatic heterocycles. The Bertz CT molecular complexity index is 1880. The first kappa shape index (κ1) is 29.6. The van der Waals surface area contributed by atoms with Crippen molar-refractivity contribution in [3.8, 4) is 16.9 Å². The van der Waals surface area contributed by atoms with E-state index in [1.54, 1.807) is 48.7 Å². The van der Waals surface area contributed by atoms with Gasteiger partial charge in [0.05, 0.1) is 15.8 Å². The number of halogens is 3. The average molecular weight is 610 g/mol. The number of carbonyl (C=O) groups is 1. The lowest BCUT2D eigenvalue weighted by atomic mass is 10.1. The number of hydrogen-bond donors (Lipinski definition) is 2. The first-order valence-corrected chi connectivity index (χ1v) is 14.6. The fourth-order valence-corrected chi connectivity index (χ4v) is 5.25. The van der Waals surface area contributed by atoms with Crippen LogP contribution in [0, 0.1) is 5.82 Å². The molecular formula is C30H26F3N5O4S. The van der Waals surface area contributed by atoms with Crippen molar-refractivity contribution in [2.75, 3.05) is 5.32 Å². The maximum Gasteiger partial charge on any atom is 0.387 e. The molecule has 1 amide bonds. The topological polar surface area (TPSA) is 115 Å². The summed E-state index contributed by atoms with van der Waals surface area (Å²) in [6.45, 7) is 0.0683. The molecule has 0 saturated heterocycles. The number of alkyl halides is 2. The summed E-state index contributed by atoms with van der Waals surface area (Å²) in [4.78, 5) is 16.8. The van der Waals surface area contributed by atoms with Gasteiger partial charge < -0.3 is 15.4 Å². The number of fused-ring (bicyclic) bond motifs is 1. The van der Waals surface area contributed by atoms with Crippen molar-refractivity contribution >= 4 is 33.0 Å². The van der Waals surface area contributed by atoms with Crippen LogP contribution in [0.15, 0.2) is 90.0 Å². The van der Waals surface area contributed by atoms with Crippen LogP contribution in [-0.4, -0.2) is 40.8 Å². The third kappa shape index (κ3) is 6.78. The van der Waals surface area contributed by atoms with Crippen LogP contribution >= 0.6 is 0 Å². The van der Waals surface area contributed by atoms with Crippen LogP contribution in [0.25, 0.3) is 16.8 Å². The van der Waals surface area contributed by atoms with Crippen LogP contribution in [0.5, 0.6) is 5.75 Å². The van der Waals surface area contributed by atoms with Gasteiger partial charge in [0.15, 0.2) is 21.2 Å². The molecule has 2 heterocycles. The van der Waals surface area contributed by atoms with Crippen LogP contribution < -0.4 is 15.4 Å². The van der Waals surface area contributed by atoms with E-state index in [9.17, 15) is 26.4 Å². The fourth-order valence-electron chi connectivity index (χ4n) is 4.18. The van der Waals surface area contributed by atoms with Gasteiger partial charge in [-0.15, -0.1) is 5.10 Å². The van der Waals surface area contributed by atoms with Gasteiger partial charge in [0.2, 0.25) is 5.95 Å². The normalized spacial score (nSPS) is 11.7. The summed E-state index contributed by atoms with van der Waals surface area (Å²) in [5.41, 5.74) is 3.32. The fraction of sp³-hybridized carbons (Fsp3) is 0.167. The highest BCUT2D eigenvalue weighted by Gasteiger charge is 2.22. The Labute approximate surface area is 245 Å². The molecule has 0 atom stereocenters. The average Bonchev–Trinajstić information content (AvgIpc) is 3.39. The molecule has 0 aliphatic rings. The zero-order valence-corrected chi connectivity index (χ0v) is 23.8. The number of hydrogen-bond acceptors (Lipinski definition) is 7. The van der Waals surface area contributed by atoms with Gasteiger partial charge in [-0.05, 0) is 73.5 Å². The van der Waals surface area contributed by atoms with Crippen molar-refractivity contribution < 1.29 is 31.1 Å². The highest BCUT2D eigenvalue weighted by Crippen LogP contribution is 2.32. The Morgan fingerprint density at radius 2 is 1.65 bits per heavy atom. The van der Waals surface area contributed by atoms with E-state index in [-0.39, 0.29) is 40.5 Å². The minimum absolute atomic E-state index is 0.0624. The molecule has 0 radical (unpaired) electrons. The summed E-state index contributed by atoms with van der Waals surface area (Å²) < 4.78 is 70.5. The smallest absolute Gasteiger partial charge is 0.387 e. The summed E-state index contributed by atoms with van der Waals surface area (Å²) >= 11 is 0. The van der Waals surface area contributed by atoms with E-state index in [1.165, 1.54) is 42.6 Å². The van der Waals surface area contributed by atoms with E-state index in [1.807, 2.05) is 6.07 Å². The molecule has 222 valence electrons. The number of rotatable bonds is 10. The molecule has 2 N–H and O–H groups in total. The summed E-state index contributed by atoms with van der Waals surface area (Å²) in [5.74, 6) is -0.910. The van der Waals surface area contributed by atoms with Gasteiger partial charge in [0.1, 0.15) is 5.82 Å². The molecule has 0 aliphatic carbocycles. The van der Waals surface area contributed by atoms with Crippen molar-refractivity contribution in [3.63, 3.8) is 0 Å². The van der Waals surface area contributed by atoms with E-state index in [0.29, 0.717) is 11.2 Å². The molecule has 2 aromatic heterocycles. The first-order valence-electron chi connectivity index (χ1n) is 13.1. The van der Waals surface area contributed by atoms with Crippen LogP contribution in [0.3, 0.4) is 0 Å². The van der Waals surface area contributed by atoms with Crippen LogP contribution in [0.2, 0.25) is 0 Å². The number of carbonyl (C=O) groups excluding carboxylic acids is 1. The molecule has 0 bridgehead atoms. The number of ether oxygens (including phenoxy) is 1. The maximum atomic E-state index is 13.1. The SMILES string of the molecule is CC(C)S(=O)(=O)c1ccc(Nc2nc3ccc(-c4ccc(C(=O)NCc5ccc(F)cc5)cc4)cn3n2)c(OC(F)F)c1. The predicted molar refractivity (Wildman–Crippen MR) is 155 cm³/mol. The monoisotopic (exact) mass is 609 g/mol. The minimum Gasteiger partial charge on any atom is -0.433 e. The predicted octanol–water partition coefficient (Wildman–Crippen LogP) is 5.99. The second-order valence-electron chi connectivity index (χ2n) is 9.80. The van der Waals surface area contributed by atoms with E-state index in [0.717, 1.165) is 22.8 Å². The Morgan fingerprint density at radius 1 is 0.953 bits per heavy atom. The molecule has 9 nitrogen and oxygen atoms in total. The summed E-state index contributed by atoms with van der Waals surface area (Å²) in [5, 5.41) is 9.24. The Hall–Kier alpha value is -4.91. The maximum absolute atomic E-state index is 13.1. The van der Waals surface area contributed by atoms with Gasteiger partial charge in [-0.2, -0.15) is 13.8 Å². The zero-order chi connectivity index (χ0) is 30.7. The summed E-state index contributed by atoms with van der Waals surface area (Å²) in [6.07, 6.45) is 1.71. The lowest BCUT2D eigenvalue weighted by molar-refractivity contribution is -0.0495. The number of benzene rings is 3. The van der Waals surface area contributed by atoms with Gasteiger partial charge >= 0.3 is 6.61 Å². The second kappa shape index (κ2) is 12.1. The van der Waals surface area contributed by atoms with Crippen LogP contribution in [0.1, 0.15) is 29.8 Å². The summed E-state index contributed by atoms with van der Waals surface area (Å²) in [7, 11) is -3.72. The Kier molecular flexibility index (Phi) is 8.35. The zero-order valence-electron chi connectivity index (χ0n) is 23.0. The number of pyridine rings is 1. The Morgan fingerprint density at radius 3 is 2.33 bits per heavy atom. The number of nitrogens with one attached hydrogen (secondary N) is 2. The third-order valence-electron chi connectivity index (χ3n) is 6.54. The van der Waals surface area contributed by atoms with Crippen molar-refractivity contribution in [3.05, 3.63) is 102 Å². The van der Waals surface area contributed by atoms with Gasteiger partial charge in [-0.1, -0.05) is 24.3 Å². The Balaban J connectivity index is 1.32. The number of anilines is 2. The van der Waals surface area contributed by atoms with Gasteiger partial charge in [0.25, 0.3) is 5.91 Å². The first-order chi connectivity index (χ1) is 20.5. The molecule has 0 unspecified atom stereocenters. The van der Waals surface area contributed by atoms with E-state index >= 15 is 0 Å². The lowest BCUT2D eigenvalue weighted by Gasteiger charge is -2.14. The van der Waals surface area contributed by atoms with E-state index < -0.39 is 21.7 Å². The van der Waals surface area contributed by atoms with Gasteiger partial charge in [-0.3, -0.25) is 4.79 Å². The standard InChI is InChI=1S/C30H26F3N5O4S/c1-18(2)43(40,41)24-12-13-25(26(15-24)42-29(32)33)35-30-36-27-14-9-22(17-38(27)37-30)20-5-7-21(8-6-20)28(39)34-16-19-3-10-23(31)11-4-19/h3-15,17-18,29H,16H2,1-2H3,(H,34,39)(H,35,37). The number of nitrogens with zero attached hydrogens (tertiary/aromatic N) is 3.